The minimum absolute atomic E-state index is 0.0421. The SMILES string of the molecule is O=c1[nH]c2c(S(=O)(=O)c3cc(F)c4cnn(CCC5CC(F)(F)C5)c4c3)ccc(Cl)c2c(=O)n1O. The number of nitrogens with zero attached hydrogens (tertiary/aromatic N) is 3. The van der Waals surface area contributed by atoms with Crippen molar-refractivity contribution >= 4 is 43.2 Å². The Morgan fingerprint density at radius 2 is 1.94 bits per heavy atom. The number of fused-ring (bicyclic) bond motifs is 2. The Balaban J connectivity index is 1.61. The summed E-state index contributed by atoms with van der Waals surface area (Å²) in [7, 11) is -4.52. The number of benzene rings is 2. The predicted molar refractivity (Wildman–Crippen MR) is 118 cm³/mol. The first kappa shape index (κ1) is 23.4. The van der Waals surface area contributed by atoms with Gasteiger partial charge in [-0.2, -0.15) is 5.10 Å². The summed E-state index contributed by atoms with van der Waals surface area (Å²) in [5, 5.41) is 13.0. The Hall–Kier alpha value is -3.32. The summed E-state index contributed by atoms with van der Waals surface area (Å²) in [6.07, 6.45) is 1.10. The van der Waals surface area contributed by atoms with Crippen molar-refractivity contribution in [3.63, 3.8) is 0 Å². The topological polar surface area (TPSA) is 127 Å². The molecule has 5 rings (SSSR count). The lowest BCUT2D eigenvalue weighted by Crippen LogP contribution is -2.35. The molecule has 0 spiro atoms. The van der Waals surface area contributed by atoms with Crippen LogP contribution in [-0.2, 0) is 16.4 Å². The molecule has 0 amide bonds. The molecule has 0 radical (unpaired) electrons. The number of hydrogen-bond donors (Lipinski definition) is 2. The van der Waals surface area contributed by atoms with Gasteiger partial charge in [0.25, 0.3) is 5.56 Å². The quantitative estimate of drug-likeness (QED) is 0.383. The van der Waals surface area contributed by atoms with Gasteiger partial charge in [0, 0.05) is 19.4 Å². The van der Waals surface area contributed by atoms with Crippen molar-refractivity contribution in [2.45, 2.75) is 41.5 Å². The van der Waals surface area contributed by atoms with Crippen molar-refractivity contribution in [1.82, 2.24) is 19.5 Å². The molecular weight excluding hydrogens is 513 g/mol. The molecule has 0 saturated heterocycles. The van der Waals surface area contributed by atoms with Gasteiger partial charge in [-0.15, -0.1) is 0 Å². The highest BCUT2D eigenvalue weighted by atomic mass is 35.5. The molecule has 14 heteroatoms. The average Bonchev–Trinajstić information content (AvgIpc) is 3.18. The Morgan fingerprint density at radius 3 is 2.63 bits per heavy atom. The Labute approximate surface area is 199 Å². The number of sulfone groups is 1. The Kier molecular flexibility index (Phi) is 5.25. The number of halogens is 4. The van der Waals surface area contributed by atoms with Gasteiger partial charge in [-0.05, 0) is 36.6 Å². The van der Waals surface area contributed by atoms with Gasteiger partial charge >= 0.3 is 5.69 Å². The molecule has 2 aromatic heterocycles. The van der Waals surface area contributed by atoms with Crippen LogP contribution in [0.15, 0.2) is 49.8 Å². The first-order chi connectivity index (χ1) is 16.4. The van der Waals surface area contributed by atoms with Crippen LogP contribution in [0.3, 0.4) is 0 Å². The number of rotatable bonds is 5. The fourth-order valence-corrected chi connectivity index (χ4v) is 6.02. The van der Waals surface area contributed by atoms with Gasteiger partial charge in [0.2, 0.25) is 15.8 Å². The lowest BCUT2D eigenvalue weighted by Gasteiger charge is -2.34. The van der Waals surface area contributed by atoms with E-state index in [1.54, 1.807) is 0 Å². The second-order valence-corrected chi connectivity index (χ2v) is 10.8. The van der Waals surface area contributed by atoms with Crippen molar-refractivity contribution in [3.05, 3.63) is 62.1 Å². The molecular formula is C21H16ClF3N4O5S. The van der Waals surface area contributed by atoms with E-state index in [1.807, 2.05) is 0 Å². The average molecular weight is 529 g/mol. The Morgan fingerprint density at radius 1 is 1.23 bits per heavy atom. The fourth-order valence-electron chi connectivity index (χ4n) is 4.34. The van der Waals surface area contributed by atoms with Crippen LogP contribution < -0.4 is 11.2 Å². The zero-order valence-electron chi connectivity index (χ0n) is 17.6. The minimum Gasteiger partial charge on any atom is -0.421 e. The highest BCUT2D eigenvalue weighted by Crippen LogP contribution is 2.44. The zero-order chi connectivity index (χ0) is 25.3. The van der Waals surface area contributed by atoms with Gasteiger partial charge in [0.15, 0.2) is 0 Å². The molecule has 1 aliphatic rings. The number of nitrogens with one attached hydrogen (secondary N) is 1. The number of aryl methyl sites for hydroxylation is 1. The predicted octanol–water partition coefficient (Wildman–Crippen LogP) is 3.34. The normalized spacial score (nSPS) is 16.1. The molecule has 0 atom stereocenters. The maximum atomic E-state index is 14.9. The standard InChI is InChI=1S/C21H16ClF3N4O5S/c22-13-1-2-16(18-17(13)19(30)29(32)20(31)27-18)35(33,34)11-5-14(23)12-9-26-28(15(12)6-11)4-3-10-7-21(24,25)8-10/h1-2,5-6,9-10,32H,3-4,7-8H2,(H,27,31). The number of hydrogen-bond acceptors (Lipinski definition) is 6. The van der Waals surface area contributed by atoms with Crippen LogP contribution in [0.5, 0.6) is 0 Å². The second-order valence-electron chi connectivity index (χ2n) is 8.47. The fraction of sp³-hybridized carbons (Fsp3) is 0.286. The first-order valence-electron chi connectivity index (χ1n) is 10.3. The van der Waals surface area contributed by atoms with Crippen molar-refractivity contribution in [3.8, 4) is 0 Å². The highest BCUT2D eigenvalue weighted by molar-refractivity contribution is 7.91. The monoisotopic (exact) mass is 528 g/mol. The van der Waals surface area contributed by atoms with Crippen LogP contribution in [0, 0.1) is 11.7 Å². The Bertz CT molecular complexity index is 1740. The van der Waals surface area contributed by atoms with Gasteiger partial charge in [-0.25, -0.2) is 26.4 Å². The summed E-state index contributed by atoms with van der Waals surface area (Å²) in [5.74, 6) is -3.77. The second kappa shape index (κ2) is 7.85. The van der Waals surface area contributed by atoms with Gasteiger partial charge in [0.05, 0.1) is 42.8 Å². The van der Waals surface area contributed by atoms with Crippen LogP contribution in [0.25, 0.3) is 21.8 Å². The molecule has 35 heavy (non-hydrogen) atoms. The van der Waals surface area contributed by atoms with Gasteiger partial charge in [-0.3, -0.25) is 9.48 Å². The van der Waals surface area contributed by atoms with E-state index in [-0.39, 0.29) is 46.0 Å². The van der Waals surface area contributed by atoms with E-state index < -0.39 is 53.5 Å². The third-order valence-electron chi connectivity index (χ3n) is 6.16. The molecule has 1 fully saturated rings. The number of H-pyrrole nitrogens is 1. The molecule has 4 aromatic rings. The summed E-state index contributed by atoms with van der Waals surface area (Å²) >= 11 is 6.00. The smallest absolute Gasteiger partial charge is 0.362 e. The zero-order valence-corrected chi connectivity index (χ0v) is 19.2. The molecule has 1 saturated carbocycles. The number of aromatic amines is 1. The van der Waals surface area contributed by atoms with Crippen LogP contribution in [0.1, 0.15) is 19.3 Å². The summed E-state index contributed by atoms with van der Waals surface area (Å²) in [4.78, 5) is 25.3. The molecule has 2 heterocycles. The minimum atomic E-state index is -4.52. The van der Waals surface area contributed by atoms with Crippen molar-refractivity contribution in [2.24, 2.45) is 5.92 Å². The molecule has 0 unspecified atom stereocenters. The van der Waals surface area contributed by atoms with E-state index in [4.69, 9.17) is 11.6 Å². The van der Waals surface area contributed by atoms with E-state index in [0.717, 1.165) is 18.2 Å². The first-order valence-corrected chi connectivity index (χ1v) is 12.2. The molecule has 9 nitrogen and oxygen atoms in total. The third-order valence-corrected chi connectivity index (χ3v) is 8.25. The maximum Gasteiger partial charge on any atom is 0.362 e. The largest absolute Gasteiger partial charge is 0.421 e. The van der Waals surface area contributed by atoms with Crippen LogP contribution in [-0.4, -0.2) is 39.0 Å². The van der Waals surface area contributed by atoms with E-state index in [9.17, 15) is 36.4 Å². The van der Waals surface area contributed by atoms with Crippen molar-refractivity contribution in [1.29, 1.82) is 0 Å². The van der Waals surface area contributed by atoms with Crippen molar-refractivity contribution in [2.75, 3.05) is 0 Å². The van der Waals surface area contributed by atoms with Gasteiger partial charge in [-0.1, -0.05) is 16.3 Å². The molecule has 1 aliphatic carbocycles. The van der Waals surface area contributed by atoms with E-state index in [1.165, 1.54) is 16.9 Å². The summed E-state index contributed by atoms with van der Waals surface area (Å²) in [6, 6.07) is 4.11. The molecule has 2 aromatic carbocycles. The lowest BCUT2D eigenvalue weighted by molar-refractivity contribution is -0.112. The highest BCUT2D eigenvalue weighted by Gasteiger charge is 2.44. The molecule has 0 aliphatic heterocycles. The summed E-state index contributed by atoms with van der Waals surface area (Å²) < 4.78 is 69.1. The summed E-state index contributed by atoms with van der Waals surface area (Å²) in [6.45, 7) is 0.181. The van der Waals surface area contributed by atoms with Crippen LogP contribution in [0.4, 0.5) is 13.2 Å². The van der Waals surface area contributed by atoms with Crippen LogP contribution in [0.2, 0.25) is 5.02 Å². The molecule has 2 N–H and O–H groups in total. The molecule has 0 bridgehead atoms. The van der Waals surface area contributed by atoms with E-state index >= 15 is 0 Å². The van der Waals surface area contributed by atoms with Gasteiger partial charge < -0.3 is 10.2 Å². The van der Waals surface area contributed by atoms with Gasteiger partial charge in [0.1, 0.15) is 5.82 Å². The van der Waals surface area contributed by atoms with E-state index in [2.05, 4.69) is 10.1 Å². The third kappa shape index (κ3) is 3.78. The van der Waals surface area contributed by atoms with E-state index in [0.29, 0.717) is 6.42 Å². The number of alkyl halides is 2. The molecule has 184 valence electrons. The van der Waals surface area contributed by atoms with Crippen molar-refractivity contribution < 1.29 is 26.8 Å². The number of aromatic nitrogens is 4. The maximum absolute atomic E-state index is 14.9. The van der Waals surface area contributed by atoms with Crippen LogP contribution >= 0.6 is 11.6 Å². The lowest BCUT2D eigenvalue weighted by atomic mass is 9.79. The summed E-state index contributed by atoms with van der Waals surface area (Å²) in [5.41, 5.74) is -2.83.